The molecule has 2 aliphatic rings. The molecule has 2 fully saturated rings. The summed E-state index contributed by atoms with van der Waals surface area (Å²) in [6.07, 6.45) is 0.191. The summed E-state index contributed by atoms with van der Waals surface area (Å²) in [6, 6.07) is 9.09. The molecule has 3 heterocycles. The number of fused-ring (bicyclic) bond motifs is 1. The number of aromatic nitrogens is 2. The largest absolute Gasteiger partial charge is 0.497 e. The second-order valence-electron chi connectivity index (χ2n) is 8.67. The quantitative estimate of drug-likeness (QED) is 0.486. The molecule has 1 aromatic heterocycles. The molecule has 0 spiro atoms. The lowest BCUT2D eigenvalue weighted by Gasteiger charge is -2.29. The maximum atomic E-state index is 13.6. The molecule has 188 valence electrons. The van der Waals surface area contributed by atoms with E-state index in [4.69, 9.17) is 4.74 Å². The van der Waals surface area contributed by atoms with Crippen molar-refractivity contribution >= 4 is 39.9 Å². The summed E-state index contributed by atoms with van der Waals surface area (Å²) in [5.41, 5.74) is 0.660. The normalized spacial score (nSPS) is 18.6. The number of alkyl halides is 3. The molecule has 1 N–H and O–H groups in total. The van der Waals surface area contributed by atoms with Crippen molar-refractivity contribution in [2.45, 2.75) is 31.6 Å². The fourth-order valence-electron chi connectivity index (χ4n) is 4.58. The third-order valence-corrected chi connectivity index (χ3v) is 7.29. The molecule has 7 nitrogen and oxygen atoms in total. The number of rotatable bonds is 5. The van der Waals surface area contributed by atoms with E-state index in [-0.39, 0.29) is 35.0 Å². The number of benzene rings is 2. The minimum atomic E-state index is -4.53. The maximum Gasteiger partial charge on any atom is 0.416 e. The van der Waals surface area contributed by atoms with Gasteiger partial charge in [0.1, 0.15) is 5.75 Å². The van der Waals surface area contributed by atoms with Gasteiger partial charge in [0.15, 0.2) is 0 Å². The Bertz CT molecular complexity index is 1360. The minimum absolute atomic E-state index is 0.0726. The summed E-state index contributed by atoms with van der Waals surface area (Å²) < 4.78 is 47.3. The zero-order valence-corrected chi connectivity index (χ0v) is 20.2. The molecule has 2 saturated heterocycles. The van der Waals surface area contributed by atoms with Gasteiger partial charge in [-0.25, -0.2) is 0 Å². The number of carbonyl (C=O) groups excluding carboxylic acids is 2. The van der Waals surface area contributed by atoms with Crippen molar-refractivity contribution < 1.29 is 27.5 Å². The number of ether oxygens (including phenoxy) is 1. The zero-order chi connectivity index (χ0) is 25.4. The van der Waals surface area contributed by atoms with Crippen LogP contribution in [-0.2, 0) is 17.5 Å². The van der Waals surface area contributed by atoms with Gasteiger partial charge in [-0.15, -0.1) is 0 Å². The monoisotopic (exact) mass is 516 g/mol. The topological polar surface area (TPSA) is 76.5 Å². The molecule has 0 bridgehead atoms. The summed E-state index contributed by atoms with van der Waals surface area (Å²) in [4.78, 5) is 27.2. The van der Waals surface area contributed by atoms with Crippen LogP contribution in [0.15, 0.2) is 47.5 Å². The number of thioether (sulfide) groups is 1. The van der Waals surface area contributed by atoms with Crippen LogP contribution in [-0.4, -0.2) is 52.1 Å². The van der Waals surface area contributed by atoms with Crippen LogP contribution in [0.25, 0.3) is 17.0 Å². The predicted molar refractivity (Wildman–Crippen MR) is 131 cm³/mol. The number of nitrogens with zero attached hydrogens (tertiary/aromatic N) is 3. The Morgan fingerprint density at radius 3 is 2.67 bits per heavy atom. The van der Waals surface area contributed by atoms with Gasteiger partial charge in [0.05, 0.1) is 35.8 Å². The smallest absolute Gasteiger partial charge is 0.416 e. The Balaban J connectivity index is 1.39. The molecule has 2 amide bonds. The van der Waals surface area contributed by atoms with Gasteiger partial charge in [-0.05, 0) is 79.2 Å². The van der Waals surface area contributed by atoms with E-state index in [2.05, 4.69) is 10.4 Å². The molecule has 0 unspecified atom stereocenters. The Morgan fingerprint density at radius 1 is 1.17 bits per heavy atom. The molecule has 3 aromatic rings. The number of amides is 2. The average Bonchev–Trinajstić information content (AvgIpc) is 3.38. The van der Waals surface area contributed by atoms with Crippen LogP contribution in [0.5, 0.6) is 5.75 Å². The van der Waals surface area contributed by atoms with Gasteiger partial charge < -0.3 is 10.1 Å². The molecule has 0 radical (unpaired) electrons. The van der Waals surface area contributed by atoms with Crippen LogP contribution in [0.3, 0.4) is 0 Å². The van der Waals surface area contributed by atoms with Crippen molar-refractivity contribution in [3.63, 3.8) is 0 Å². The van der Waals surface area contributed by atoms with Crippen LogP contribution in [0.2, 0.25) is 0 Å². The fraction of sp³-hybridized carbons (Fsp3) is 0.320. The Morgan fingerprint density at radius 2 is 1.94 bits per heavy atom. The molecule has 0 aliphatic carbocycles. The summed E-state index contributed by atoms with van der Waals surface area (Å²) in [7, 11) is 1.32. The third-order valence-electron chi connectivity index (χ3n) is 6.40. The van der Waals surface area contributed by atoms with Crippen molar-refractivity contribution in [1.82, 2.24) is 20.0 Å². The molecule has 5 rings (SSSR count). The van der Waals surface area contributed by atoms with Crippen molar-refractivity contribution in [3.05, 3.63) is 64.2 Å². The SMILES string of the molecule is COc1ccc(Cn2ncc3cc(/C=C4\SC(=O)N(C5CCNCC5)C4=O)ccc32)c(C(F)(F)F)c1. The van der Waals surface area contributed by atoms with Gasteiger partial charge in [0, 0.05) is 11.4 Å². The lowest BCUT2D eigenvalue weighted by molar-refractivity contribution is -0.138. The molecular weight excluding hydrogens is 493 g/mol. The van der Waals surface area contributed by atoms with Crippen molar-refractivity contribution in [2.24, 2.45) is 0 Å². The number of carbonyl (C=O) groups is 2. The molecule has 11 heteroatoms. The highest BCUT2D eigenvalue weighted by Crippen LogP contribution is 2.37. The maximum absolute atomic E-state index is 13.6. The first-order valence-corrected chi connectivity index (χ1v) is 12.2. The van der Waals surface area contributed by atoms with Crippen LogP contribution in [0.4, 0.5) is 18.0 Å². The van der Waals surface area contributed by atoms with Crippen LogP contribution < -0.4 is 10.1 Å². The molecule has 0 atom stereocenters. The number of halogens is 3. The van der Waals surface area contributed by atoms with Crippen LogP contribution >= 0.6 is 11.8 Å². The van der Waals surface area contributed by atoms with E-state index in [1.807, 2.05) is 0 Å². The summed E-state index contributed by atoms with van der Waals surface area (Å²) in [6.45, 7) is 1.47. The summed E-state index contributed by atoms with van der Waals surface area (Å²) in [5, 5.41) is 7.97. The minimum Gasteiger partial charge on any atom is -0.497 e. The predicted octanol–water partition coefficient (Wildman–Crippen LogP) is 4.90. The van der Waals surface area contributed by atoms with Gasteiger partial charge in [-0.2, -0.15) is 18.3 Å². The Hall–Kier alpha value is -3.31. The second kappa shape index (κ2) is 9.62. The lowest BCUT2D eigenvalue weighted by Crippen LogP contribution is -2.45. The van der Waals surface area contributed by atoms with E-state index in [9.17, 15) is 22.8 Å². The number of nitrogens with one attached hydrogen (secondary N) is 1. The lowest BCUT2D eigenvalue weighted by atomic mass is 10.1. The highest BCUT2D eigenvalue weighted by Gasteiger charge is 2.40. The van der Waals surface area contributed by atoms with E-state index in [1.165, 1.54) is 28.8 Å². The van der Waals surface area contributed by atoms with Crippen LogP contribution in [0, 0.1) is 0 Å². The van der Waals surface area contributed by atoms with Gasteiger partial charge in [-0.1, -0.05) is 12.1 Å². The van der Waals surface area contributed by atoms with E-state index in [0.29, 0.717) is 21.4 Å². The Kier molecular flexibility index (Phi) is 6.52. The number of imide groups is 1. The molecule has 36 heavy (non-hydrogen) atoms. The summed E-state index contributed by atoms with van der Waals surface area (Å²) in [5.74, 6) is -0.155. The van der Waals surface area contributed by atoms with E-state index < -0.39 is 11.7 Å². The van der Waals surface area contributed by atoms with E-state index in [0.717, 1.165) is 43.8 Å². The molecule has 2 aromatic carbocycles. The zero-order valence-electron chi connectivity index (χ0n) is 19.3. The average molecular weight is 517 g/mol. The highest BCUT2D eigenvalue weighted by atomic mass is 32.2. The second-order valence-corrected chi connectivity index (χ2v) is 9.67. The van der Waals surface area contributed by atoms with Gasteiger partial charge in [0.2, 0.25) is 0 Å². The van der Waals surface area contributed by atoms with Gasteiger partial charge in [-0.3, -0.25) is 19.2 Å². The fourth-order valence-corrected chi connectivity index (χ4v) is 5.48. The highest BCUT2D eigenvalue weighted by molar-refractivity contribution is 8.18. The standard InChI is InChI=1S/C25H23F3N4O3S/c1-35-19-4-3-16(20(12-19)25(26,27)28)14-31-21-5-2-15(10-17(21)13-30-31)11-22-23(33)32(24(34)36-22)18-6-8-29-9-7-18/h2-5,10-13,18,29H,6-9,14H2,1H3/b22-11-. The van der Waals surface area contributed by atoms with Gasteiger partial charge >= 0.3 is 6.18 Å². The molecular formula is C25H23F3N4O3S. The molecule has 2 aliphatic heterocycles. The first kappa shape index (κ1) is 24.4. The first-order chi connectivity index (χ1) is 17.2. The first-order valence-electron chi connectivity index (χ1n) is 11.4. The number of methoxy groups -OCH3 is 1. The molecule has 0 saturated carbocycles. The summed E-state index contributed by atoms with van der Waals surface area (Å²) >= 11 is 0.930. The van der Waals surface area contributed by atoms with Crippen molar-refractivity contribution in [1.29, 1.82) is 0 Å². The van der Waals surface area contributed by atoms with Crippen LogP contribution in [0.1, 0.15) is 29.5 Å². The van der Waals surface area contributed by atoms with Crippen molar-refractivity contribution in [2.75, 3.05) is 20.2 Å². The van der Waals surface area contributed by atoms with Gasteiger partial charge in [0.25, 0.3) is 11.1 Å². The van der Waals surface area contributed by atoms with E-state index in [1.54, 1.807) is 30.5 Å². The van der Waals surface area contributed by atoms with E-state index >= 15 is 0 Å². The third kappa shape index (κ3) is 4.72. The Labute approximate surface area is 209 Å². The van der Waals surface area contributed by atoms with Crippen molar-refractivity contribution in [3.8, 4) is 5.75 Å². The number of hydrogen-bond acceptors (Lipinski definition) is 6. The number of hydrogen-bond donors (Lipinski definition) is 1. The number of piperidine rings is 1.